The van der Waals surface area contributed by atoms with Crippen LogP contribution in [0.2, 0.25) is 0 Å². The normalized spacial score (nSPS) is 16.3. The van der Waals surface area contributed by atoms with Gasteiger partial charge in [0.2, 0.25) is 0 Å². The molecule has 5 heteroatoms. The monoisotopic (exact) mass is 273 g/mol. The predicted octanol–water partition coefficient (Wildman–Crippen LogP) is 0.249. The molecule has 0 radical (unpaired) electrons. The van der Waals surface area contributed by atoms with E-state index in [9.17, 15) is 4.79 Å². The summed E-state index contributed by atoms with van der Waals surface area (Å²) in [6.45, 7) is 1.75. The van der Waals surface area contributed by atoms with Crippen LogP contribution in [0.1, 0.15) is 28.9 Å². The van der Waals surface area contributed by atoms with Crippen molar-refractivity contribution in [2.45, 2.75) is 18.9 Å². The molecule has 2 heterocycles. The first-order chi connectivity index (χ1) is 9.70. The summed E-state index contributed by atoms with van der Waals surface area (Å²) in [5, 5.41) is 11.8. The van der Waals surface area contributed by atoms with Crippen LogP contribution in [-0.2, 0) is 0 Å². The highest BCUT2D eigenvalue weighted by atomic mass is 16.2. The number of piperidine rings is 1. The van der Waals surface area contributed by atoms with E-state index in [1.54, 1.807) is 18.3 Å². The van der Waals surface area contributed by atoms with Gasteiger partial charge in [0.25, 0.3) is 5.91 Å². The summed E-state index contributed by atoms with van der Waals surface area (Å²) < 4.78 is 0. The molecule has 0 bridgehead atoms. The number of rotatable bonds is 2. The fourth-order valence-electron chi connectivity index (χ4n) is 2.23. The number of carbonyl (C=O) groups is 1. The third-order valence-corrected chi connectivity index (χ3v) is 3.38. The van der Waals surface area contributed by atoms with Crippen LogP contribution in [-0.4, -0.2) is 53.7 Å². The number of aliphatic hydroxyl groups excluding tert-OH is 1. The minimum atomic E-state index is -0.231. The second-order valence-corrected chi connectivity index (χ2v) is 4.91. The average molecular weight is 273 g/mol. The Labute approximate surface area is 119 Å². The van der Waals surface area contributed by atoms with Crippen LogP contribution in [0.25, 0.3) is 0 Å². The molecule has 5 nitrogen and oxygen atoms in total. The van der Waals surface area contributed by atoms with Crippen LogP contribution in [0.5, 0.6) is 0 Å². The van der Waals surface area contributed by atoms with Gasteiger partial charge in [-0.25, -0.2) is 4.98 Å². The molecule has 1 aromatic rings. The standard InChI is InChI=1S/C15H19N3O2/c1-18-9-6-13(7-10-18)17-15(20)14-12(5-3-11-19)4-2-8-16-14/h2,4,8,13,19H,6-7,9-11H2,1H3,(H,17,20). The molecule has 106 valence electrons. The number of pyridine rings is 1. The molecule has 1 amide bonds. The van der Waals surface area contributed by atoms with Gasteiger partial charge in [-0.15, -0.1) is 0 Å². The topological polar surface area (TPSA) is 65.5 Å². The highest BCUT2D eigenvalue weighted by Gasteiger charge is 2.20. The zero-order chi connectivity index (χ0) is 14.4. The average Bonchev–Trinajstić information content (AvgIpc) is 2.47. The van der Waals surface area contributed by atoms with E-state index in [0.717, 1.165) is 25.9 Å². The first-order valence-corrected chi connectivity index (χ1v) is 6.75. The van der Waals surface area contributed by atoms with Crippen molar-refractivity contribution in [3.05, 3.63) is 29.6 Å². The molecule has 1 aromatic heterocycles. The zero-order valence-electron chi connectivity index (χ0n) is 11.6. The van der Waals surface area contributed by atoms with Crippen LogP contribution >= 0.6 is 0 Å². The molecule has 2 N–H and O–H groups in total. The summed E-state index contributed by atoms with van der Waals surface area (Å²) in [4.78, 5) is 18.6. The SMILES string of the molecule is CN1CCC(NC(=O)c2ncccc2C#CCO)CC1. The third-order valence-electron chi connectivity index (χ3n) is 3.38. The van der Waals surface area contributed by atoms with Gasteiger partial charge in [-0.2, -0.15) is 0 Å². The molecule has 1 aliphatic rings. The van der Waals surface area contributed by atoms with Gasteiger partial charge in [0.1, 0.15) is 12.3 Å². The summed E-state index contributed by atoms with van der Waals surface area (Å²) in [7, 11) is 2.08. The molecule has 1 fully saturated rings. The summed E-state index contributed by atoms with van der Waals surface area (Å²) in [6, 6.07) is 3.66. The second-order valence-electron chi connectivity index (χ2n) is 4.91. The molecule has 0 unspecified atom stereocenters. The molecule has 0 spiro atoms. The van der Waals surface area contributed by atoms with Crippen LogP contribution in [0.15, 0.2) is 18.3 Å². The van der Waals surface area contributed by atoms with E-state index in [2.05, 4.69) is 34.1 Å². The molecular formula is C15H19N3O2. The smallest absolute Gasteiger partial charge is 0.271 e. The minimum absolute atomic E-state index is 0.192. The number of hydrogen-bond acceptors (Lipinski definition) is 4. The molecule has 1 aliphatic heterocycles. The Balaban J connectivity index is 2.05. The first-order valence-electron chi connectivity index (χ1n) is 6.75. The number of aromatic nitrogens is 1. The maximum absolute atomic E-state index is 12.3. The van der Waals surface area contributed by atoms with Gasteiger partial charge < -0.3 is 15.3 Å². The van der Waals surface area contributed by atoms with Crippen molar-refractivity contribution < 1.29 is 9.90 Å². The highest BCUT2D eigenvalue weighted by molar-refractivity contribution is 5.94. The Morgan fingerprint density at radius 1 is 1.55 bits per heavy atom. The van der Waals surface area contributed by atoms with Crippen LogP contribution in [0.3, 0.4) is 0 Å². The van der Waals surface area contributed by atoms with Crippen LogP contribution < -0.4 is 5.32 Å². The van der Waals surface area contributed by atoms with Crippen LogP contribution in [0, 0.1) is 11.8 Å². The van der Waals surface area contributed by atoms with Crippen molar-refractivity contribution in [3.8, 4) is 11.8 Å². The van der Waals surface area contributed by atoms with E-state index in [-0.39, 0.29) is 18.6 Å². The molecule has 0 atom stereocenters. The first kappa shape index (κ1) is 14.5. The van der Waals surface area contributed by atoms with Crippen LogP contribution in [0.4, 0.5) is 0 Å². The lowest BCUT2D eigenvalue weighted by atomic mass is 10.0. The third kappa shape index (κ3) is 3.80. The van der Waals surface area contributed by atoms with Gasteiger partial charge in [0.15, 0.2) is 0 Å². The number of amides is 1. The number of nitrogens with zero attached hydrogens (tertiary/aromatic N) is 2. The minimum Gasteiger partial charge on any atom is -0.384 e. The maximum Gasteiger partial charge on any atom is 0.271 e. The Morgan fingerprint density at radius 3 is 3.00 bits per heavy atom. The van der Waals surface area contributed by atoms with Gasteiger partial charge >= 0.3 is 0 Å². The summed E-state index contributed by atoms with van der Waals surface area (Å²) in [5.41, 5.74) is 0.874. The largest absolute Gasteiger partial charge is 0.384 e. The number of carbonyl (C=O) groups excluding carboxylic acids is 1. The van der Waals surface area contributed by atoms with E-state index >= 15 is 0 Å². The van der Waals surface area contributed by atoms with E-state index in [1.165, 1.54) is 0 Å². The van der Waals surface area contributed by atoms with Gasteiger partial charge in [-0.1, -0.05) is 11.8 Å². The zero-order valence-corrected chi connectivity index (χ0v) is 11.6. The number of hydrogen-bond donors (Lipinski definition) is 2. The van der Waals surface area contributed by atoms with Crippen molar-refractivity contribution in [3.63, 3.8) is 0 Å². The summed E-state index contributed by atoms with van der Waals surface area (Å²) in [6.07, 6.45) is 3.48. The fourth-order valence-corrected chi connectivity index (χ4v) is 2.23. The van der Waals surface area contributed by atoms with Gasteiger partial charge in [0, 0.05) is 12.2 Å². The fraction of sp³-hybridized carbons (Fsp3) is 0.467. The summed E-state index contributed by atoms with van der Waals surface area (Å²) in [5.74, 6) is 5.11. The van der Waals surface area contributed by atoms with E-state index in [4.69, 9.17) is 5.11 Å². The highest BCUT2D eigenvalue weighted by Crippen LogP contribution is 2.10. The van der Waals surface area contributed by atoms with Gasteiger partial charge in [-0.3, -0.25) is 4.79 Å². The number of aliphatic hydroxyl groups is 1. The van der Waals surface area contributed by atoms with Gasteiger partial charge in [0.05, 0.1) is 5.56 Å². The van der Waals surface area contributed by atoms with E-state index in [1.807, 2.05) is 0 Å². The second kappa shape index (κ2) is 7.04. The Hall–Kier alpha value is -1.90. The molecular weight excluding hydrogens is 254 g/mol. The van der Waals surface area contributed by atoms with Crippen molar-refractivity contribution in [2.75, 3.05) is 26.7 Å². The summed E-state index contributed by atoms with van der Waals surface area (Å²) >= 11 is 0. The Morgan fingerprint density at radius 2 is 2.30 bits per heavy atom. The van der Waals surface area contributed by atoms with E-state index in [0.29, 0.717) is 11.3 Å². The molecule has 20 heavy (non-hydrogen) atoms. The Bertz CT molecular complexity index is 525. The van der Waals surface area contributed by atoms with E-state index < -0.39 is 0 Å². The quantitative estimate of drug-likeness (QED) is 0.758. The molecule has 0 saturated carbocycles. The number of likely N-dealkylation sites (tertiary alicyclic amines) is 1. The maximum atomic E-state index is 12.3. The van der Waals surface area contributed by atoms with Crippen molar-refractivity contribution in [1.82, 2.24) is 15.2 Å². The lowest BCUT2D eigenvalue weighted by Crippen LogP contribution is -2.43. The number of nitrogens with one attached hydrogen (secondary N) is 1. The molecule has 2 rings (SSSR count). The molecule has 0 aliphatic carbocycles. The lowest BCUT2D eigenvalue weighted by Gasteiger charge is -2.29. The van der Waals surface area contributed by atoms with Gasteiger partial charge in [-0.05, 0) is 45.1 Å². The van der Waals surface area contributed by atoms with Crippen molar-refractivity contribution in [2.24, 2.45) is 0 Å². The Kier molecular flexibility index (Phi) is 5.10. The molecule has 0 aromatic carbocycles. The predicted molar refractivity (Wildman–Crippen MR) is 76.2 cm³/mol. The van der Waals surface area contributed by atoms with Crippen molar-refractivity contribution in [1.29, 1.82) is 0 Å². The lowest BCUT2D eigenvalue weighted by molar-refractivity contribution is 0.0911. The van der Waals surface area contributed by atoms with Crippen molar-refractivity contribution >= 4 is 5.91 Å². The molecule has 1 saturated heterocycles.